The first-order valence-corrected chi connectivity index (χ1v) is 9.89. The molecule has 2 N–H and O–H groups in total. The van der Waals surface area contributed by atoms with E-state index in [1.807, 2.05) is 55.5 Å². The van der Waals surface area contributed by atoms with E-state index in [-0.39, 0.29) is 12.5 Å². The molecule has 0 bridgehead atoms. The van der Waals surface area contributed by atoms with Crippen molar-refractivity contribution in [3.05, 3.63) is 72.1 Å². The Labute approximate surface area is 176 Å². The van der Waals surface area contributed by atoms with Crippen LogP contribution in [0, 0.1) is 6.92 Å². The Balaban J connectivity index is 1.78. The average molecular weight is 405 g/mol. The third-order valence-electron chi connectivity index (χ3n) is 4.55. The molecule has 1 atom stereocenters. The van der Waals surface area contributed by atoms with Gasteiger partial charge in [0.1, 0.15) is 5.60 Å². The maximum atomic E-state index is 13.1. The number of benzene rings is 2. The van der Waals surface area contributed by atoms with Gasteiger partial charge in [-0.2, -0.15) is 0 Å². The molecule has 2 amide bonds. The zero-order valence-corrected chi connectivity index (χ0v) is 17.7. The van der Waals surface area contributed by atoms with Gasteiger partial charge in [-0.3, -0.25) is 9.78 Å². The molecule has 0 radical (unpaired) electrons. The van der Waals surface area contributed by atoms with Crippen molar-refractivity contribution in [2.45, 2.75) is 39.2 Å². The molecule has 30 heavy (non-hydrogen) atoms. The van der Waals surface area contributed by atoms with E-state index in [1.165, 1.54) is 0 Å². The largest absolute Gasteiger partial charge is 0.444 e. The zero-order valence-electron chi connectivity index (χ0n) is 17.7. The van der Waals surface area contributed by atoms with Crippen molar-refractivity contribution in [1.82, 2.24) is 10.3 Å². The summed E-state index contributed by atoms with van der Waals surface area (Å²) in [5, 5.41) is 7.67. The minimum absolute atomic E-state index is 0.126. The molecule has 156 valence electrons. The van der Waals surface area contributed by atoms with Crippen molar-refractivity contribution in [1.29, 1.82) is 0 Å². The van der Waals surface area contributed by atoms with E-state index in [2.05, 4.69) is 15.6 Å². The highest BCUT2D eigenvalue weighted by molar-refractivity contribution is 5.98. The van der Waals surface area contributed by atoms with E-state index in [0.29, 0.717) is 5.69 Å². The number of amides is 2. The lowest BCUT2D eigenvalue weighted by atomic mass is 9.97. The molecule has 3 aromatic rings. The van der Waals surface area contributed by atoms with Gasteiger partial charge in [0.05, 0.1) is 5.92 Å². The molecule has 1 aromatic heterocycles. The normalized spacial score (nSPS) is 12.3. The van der Waals surface area contributed by atoms with Gasteiger partial charge in [0, 0.05) is 30.0 Å². The first-order chi connectivity index (χ1) is 14.2. The summed E-state index contributed by atoms with van der Waals surface area (Å²) < 4.78 is 5.30. The second kappa shape index (κ2) is 8.95. The fraction of sp³-hybridized carbons (Fsp3) is 0.292. The number of rotatable bonds is 5. The first-order valence-electron chi connectivity index (χ1n) is 9.89. The summed E-state index contributed by atoms with van der Waals surface area (Å²) in [4.78, 5) is 29.3. The highest BCUT2D eigenvalue weighted by atomic mass is 16.6. The molecule has 0 aliphatic carbocycles. The Hall–Kier alpha value is -3.41. The number of ether oxygens (including phenoxy) is 1. The van der Waals surface area contributed by atoms with E-state index in [1.54, 1.807) is 33.2 Å². The lowest BCUT2D eigenvalue weighted by molar-refractivity contribution is -0.117. The molecule has 1 heterocycles. The summed E-state index contributed by atoms with van der Waals surface area (Å²) in [6, 6.07) is 15.3. The third-order valence-corrected chi connectivity index (χ3v) is 4.55. The molecule has 0 spiro atoms. The van der Waals surface area contributed by atoms with Crippen LogP contribution < -0.4 is 10.6 Å². The number of fused-ring (bicyclic) bond motifs is 1. The lowest BCUT2D eigenvalue weighted by Crippen LogP contribution is -2.37. The van der Waals surface area contributed by atoms with Crippen LogP contribution in [0.3, 0.4) is 0 Å². The Morgan fingerprint density at radius 3 is 2.47 bits per heavy atom. The van der Waals surface area contributed by atoms with Crippen molar-refractivity contribution in [3.63, 3.8) is 0 Å². The van der Waals surface area contributed by atoms with Gasteiger partial charge in [-0.1, -0.05) is 35.9 Å². The smallest absolute Gasteiger partial charge is 0.407 e. The number of pyridine rings is 1. The maximum absolute atomic E-state index is 13.1. The number of nitrogens with one attached hydrogen (secondary N) is 2. The summed E-state index contributed by atoms with van der Waals surface area (Å²) >= 11 is 0. The molecule has 2 aromatic carbocycles. The predicted octanol–water partition coefficient (Wildman–Crippen LogP) is 4.79. The Bertz CT molecular complexity index is 1040. The molecule has 0 saturated heterocycles. The van der Waals surface area contributed by atoms with E-state index in [9.17, 15) is 9.59 Å². The first kappa shape index (κ1) is 21.3. The zero-order chi connectivity index (χ0) is 21.7. The minimum atomic E-state index is -0.606. The fourth-order valence-corrected chi connectivity index (χ4v) is 3.05. The van der Waals surface area contributed by atoms with Gasteiger partial charge in [0.15, 0.2) is 0 Å². The van der Waals surface area contributed by atoms with Gasteiger partial charge in [0.2, 0.25) is 5.91 Å². The Morgan fingerprint density at radius 1 is 1.03 bits per heavy atom. The van der Waals surface area contributed by atoms with Gasteiger partial charge in [0.25, 0.3) is 0 Å². The number of carbonyl (C=O) groups is 2. The van der Waals surface area contributed by atoms with E-state index in [4.69, 9.17) is 4.74 Å². The van der Waals surface area contributed by atoms with Crippen LogP contribution in [0.5, 0.6) is 0 Å². The second-order valence-corrected chi connectivity index (χ2v) is 8.27. The number of hydrogen-bond acceptors (Lipinski definition) is 4. The maximum Gasteiger partial charge on any atom is 0.407 e. The van der Waals surface area contributed by atoms with Crippen molar-refractivity contribution in [2.75, 3.05) is 11.9 Å². The molecule has 0 fully saturated rings. The lowest BCUT2D eigenvalue weighted by Gasteiger charge is -2.22. The molecule has 6 nitrogen and oxygen atoms in total. The molecule has 3 rings (SSSR count). The number of anilines is 1. The predicted molar refractivity (Wildman–Crippen MR) is 119 cm³/mol. The monoisotopic (exact) mass is 405 g/mol. The number of carbonyl (C=O) groups excluding carboxylic acids is 2. The van der Waals surface area contributed by atoms with Crippen LogP contribution in [0.1, 0.15) is 37.8 Å². The number of alkyl carbamates (subject to hydrolysis) is 1. The second-order valence-electron chi connectivity index (χ2n) is 8.27. The van der Waals surface area contributed by atoms with E-state index < -0.39 is 17.6 Å². The van der Waals surface area contributed by atoms with Crippen LogP contribution in [0.15, 0.2) is 60.9 Å². The fourth-order valence-electron chi connectivity index (χ4n) is 3.05. The van der Waals surface area contributed by atoms with Crippen molar-refractivity contribution < 1.29 is 14.3 Å². The van der Waals surface area contributed by atoms with E-state index in [0.717, 1.165) is 21.9 Å². The van der Waals surface area contributed by atoms with Gasteiger partial charge in [-0.05, 0) is 56.8 Å². The van der Waals surface area contributed by atoms with Crippen LogP contribution in [-0.4, -0.2) is 29.1 Å². The van der Waals surface area contributed by atoms with Crippen molar-refractivity contribution in [3.8, 4) is 0 Å². The summed E-state index contributed by atoms with van der Waals surface area (Å²) in [6.07, 6.45) is 2.94. The molecular weight excluding hydrogens is 378 g/mol. The molecule has 6 heteroatoms. The van der Waals surface area contributed by atoms with Gasteiger partial charge in [-0.25, -0.2) is 4.79 Å². The van der Waals surface area contributed by atoms with Crippen LogP contribution in [0.25, 0.3) is 10.8 Å². The Kier molecular flexibility index (Phi) is 6.35. The topological polar surface area (TPSA) is 80.3 Å². The summed E-state index contributed by atoms with van der Waals surface area (Å²) in [5.74, 6) is -0.769. The summed E-state index contributed by atoms with van der Waals surface area (Å²) in [7, 11) is 0. The summed E-state index contributed by atoms with van der Waals surface area (Å²) in [5.41, 5.74) is 2.00. The van der Waals surface area contributed by atoms with Crippen LogP contribution in [-0.2, 0) is 9.53 Å². The van der Waals surface area contributed by atoms with Gasteiger partial charge < -0.3 is 15.4 Å². The number of aromatic nitrogens is 1. The highest BCUT2D eigenvalue weighted by Crippen LogP contribution is 2.22. The van der Waals surface area contributed by atoms with E-state index >= 15 is 0 Å². The SMILES string of the molecule is Cc1ccc([C@@H](CNC(=O)OC(C)(C)C)C(=O)Nc2ccc3cnccc3c2)cc1. The van der Waals surface area contributed by atoms with Crippen LogP contribution in [0.4, 0.5) is 10.5 Å². The summed E-state index contributed by atoms with van der Waals surface area (Å²) in [6.45, 7) is 7.51. The number of nitrogens with zero attached hydrogens (tertiary/aromatic N) is 1. The standard InChI is InChI=1S/C24H27N3O3/c1-16-5-7-17(8-6-16)21(15-26-23(29)30-24(2,3)4)22(28)27-20-10-9-19-14-25-12-11-18(19)13-20/h5-14,21H,15H2,1-4H3,(H,26,29)(H,27,28)/t21-/m1/s1. The molecule has 0 unspecified atom stereocenters. The minimum Gasteiger partial charge on any atom is -0.444 e. The average Bonchev–Trinajstić information content (AvgIpc) is 2.68. The highest BCUT2D eigenvalue weighted by Gasteiger charge is 2.23. The van der Waals surface area contributed by atoms with Crippen molar-refractivity contribution in [2.24, 2.45) is 0 Å². The van der Waals surface area contributed by atoms with Gasteiger partial charge in [-0.15, -0.1) is 0 Å². The molecular formula is C24H27N3O3. The third kappa shape index (κ3) is 5.80. The van der Waals surface area contributed by atoms with Gasteiger partial charge >= 0.3 is 6.09 Å². The quantitative estimate of drug-likeness (QED) is 0.640. The Morgan fingerprint density at radius 2 is 1.77 bits per heavy atom. The molecule has 0 aliphatic heterocycles. The molecule has 0 saturated carbocycles. The van der Waals surface area contributed by atoms with Crippen LogP contribution in [0.2, 0.25) is 0 Å². The molecule has 0 aliphatic rings. The van der Waals surface area contributed by atoms with Crippen molar-refractivity contribution >= 4 is 28.5 Å². The number of hydrogen-bond donors (Lipinski definition) is 2. The number of aryl methyl sites for hydroxylation is 1. The van der Waals surface area contributed by atoms with Crippen LogP contribution >= 0.6 is 0 Å².